The Morgan fingerprint density at radius 3 is 1.79 bits per heavy atom. The lowest BCUT2D eigenvalue weighted by atomic mass is 9.86. The Labute approximate surface area is 96.2 Å². The van der Waals surface area contributed by atoms with Gasteiger partial charge in [0.15, 0.2) is 0 Å². The van der Waals surface area contributed by atoms with Crippen molar-refractivity contribution < 1.29 is 0 Å². The quantitative estimate of drug-likeness (QED) is 0.647. The third-order valence-electron chi connectivity index (χ3n) is 2.26. The lowest BCUT2D eigenvalue weighted by Crippen LogP contribution is -2.13. The van der Waals surface area contributed by atoms with E-state index in [2.05, 4.69) is 27.7 Å². The van der Waals surface area contributed by atoms with Gasteiger partial charge in [0.25, 0.3) is 0 Å². The highest BCUT2D eigenvalue weighted by molar-refractivity contribution is 6.36. The van der Waals surface area contributed by atoms with E-state index in [1.165, 1.54) is 5.56 Å². The van der Waals surface area contributed by atoms with Gasteiger partial charge in [-0.3, -0.25) is 0 Å². The van der Waals surface area contributed by atoms with Crippen molar-refractivity contribution in [2.75, 3.05) is 0 Å². The van der Waals surface area contributed by atoms with Crippen molar-refractivity contribution in [2.24, 2.45) is 0 Å². The summed E-state index contributed by atoms with van der Waals surface area (Å²) in [4.78, 5) is 0. The molecule has 1 aromatic rings. The van der Waals surface area contributed by atoms with Gasteiger partial charge in [-0.15, -0.1) is 0 Å². The zero-order chi connectivity index (χ0) is 10.9. The van der Waals surface area contributed by atoms with Gasteiger partial charge in [-0.05, 0) is 35.1 Å². The van der Waals surface area contributed by atoms with E-state index in [-0.39, 0.29) is 5.41 Å². The molecule has 0 radical (unpaired) electrons. The van der Waals surface area contributed by atoms with E-state index in [4.69, 9.17) is 23.2 Å². The van der Waals surface area contributed by atoms with Gasteiger partial charge in [-0.1, -0.05) is 50.9 Å². The van der Waals surface area contributed by atoms with Gasteiger partial charge in [-0.2, -0.15) is 0 Å². The summed E-state index contributed by atoms with van der Waals surface area (Å²) in [5.74, 6) is 0. The van der Waals surface area contributed by atoms with Crippen LogP contribution < -0.4 is 0 Å². The van der Waals surface area contributed by atoms with Gasteiger partial charge in [0.2, 0.25) is 0 Å². The molecule has 1 rings (SSSR count). The van der Waals surface area contributed by atoms with Crippen molar-refractivity contribution in [2.45, 2.75) is 39.5 Å². The fraction of sp³-hybridized carbons (Fsp3) is 0.500. The number of halogens is 2. The molecule has 1 aromatic carbocycles. The van der Waals surface area contributed by atoms with E-state index in [0.717, 1.165) is 22.0 Å². The molecule has 0 heterocycles. The van der Waals surface area contributed by atoms with E-state index >= 15 is 0 Å². The molecule has 0 unspecified atom stereocenters. The number of hydrogen-bond donors (Lipinski definition) is 0. The number of benzene rings is 1. The molecular weight excluding hydrogens is 215 g/mol. The molecule has 0 aliphatic rings. The smallest absolute Gasteiger partial charge is 0.0460 e. The fourth-order valence-corrected chi connectivity index (χ4v) is 2.65. The first-order chi connectivity index (χ1) is 6.36. The number of rotatable bonds is 1. The van der Waals surface area contributed by atoms with Crippen molar-refractivity contribution in [3.05, 3.63) is 33.3 Å². The van der Waals surface area contributed by atoms with Gasteiger partial charge in [-0.25, -0.2) is 0 Å². The fourth-order valence-electron chi connectivity index (χ4n) is 1.55. The van der Waals surface area contributed by atoms with E-state index in [1.54, 1.807) is 0 Å². The summed E-state index contributed by atoms with van der Waals surface area (Å²) in [6, 6.07) is 4.02. The first kappa shape index (κ1) is 11.9. The third-order valence-corrected chi connectivity index (χ3v) is 2.86. The average molecular weight is 231 g/mol. The molecule has 0 bridgehead atoms. The minimum Gasteiger partial charge on any atom is -0.0840 e. The van der Waals surface area contributed by atoms with Crippen molar-refractivity contribution in [1.29, 1.82) is 0 Å². The Kier molecular flexibility index (Phi) is 3.49. The maximum atomic E-state index is 6.21. The van der Waals surface area contributed by atoms with Gasteiger partial charge in [0, 0.05) is 10.0 Å². The first-order valence-corrected chi connectivity index (χ1v) is 5.60. The second-order valence-electron chi connectivity index (χ2n) is 4.54. The minimum absolute atomic E-state index is 0.000435. The summed E-state index contributed by atoms with van der Waals surface area (Å²) in [6.07, 6.45) is 0.962. The predicted molar refractivity (Wildman–Crippen MR) is 64.5 cm³/mol. The predicted octanol–water partition coefficient (Wildman–Crippen LogP) is 4.85. The molecule has 0 nitrogen and oxygen atoms in total. The second-order valence-corrected chi connectivity index (χ2v) is 5.35. The van der Waals surface area contributed by atoms with Gasteiger partial charge in [0.1, 0.15) is 0 Å². The van der Waals surface area contributed by atoms with Crippen LogP contribution in [-0.4, -0.2) is 0 Å². The van der Waals surface area contributed by atoms with Crippen LogP contribution in [0.25, 0.3) is 0 Å². The molecule has 0 saturated heterocycles. The molecule has 0 aliphatic carbocycles. The molecule has 0 aliphatic heterocycles. The summed E-state index contributed by atoms with van der Waals surface area (Å²) in [5, 5.41) is 1.56. The first-order valence-electron chi connectivity index (χ1n) is 4.84. The van der Waals surface area contributed by atoms with Crippen LogP contribution in [0.3, 0.4) is 0 Å². The summed E-state index contributed by atoms with van der Waals surface area (Å²) in [7, 11) is 0. The number of hydrogen-bond acceptors (Lipinski definition) is 0. The topological polar surface area (TPSA) is 0 Å². The average Bonchev–Trinajstić information content (AvgIpc) is 1.99. The molecule has 0 aromatic heterocycles. The molecule has 78 valence electrons. The van der Waals surface area contributed by atoms with Crippen molar-refractivity contribution in [3.8, 4) is 0 Å². The Hall–Kier alpha value is -0.200. The monoisotopic (exact) mass is 230 g/mol. The summed E-state index contributed by atoms with van der Waals surface area (Å²) in [6.45, 7) is 8.45. The van der Waals surface area contributed by atoms with E-state index in [0.29, 0.717) is 0 Å². The van der Waals surface area contributed by atoms with E-state index in [1.807, 2.05) is 12.1 Å². The lowest BCUT2D eigenvalue weighted by Gasteiger charge is -2.22. The Morgan fingerprint density at radius 2 is 1.50 bits per heavy atom. The van der Waals surface area contributed by atoms with Gasteiger partial charge >= 0.3 is 0 Å². The zero-order valence-electron chi connectivity index (χ0n) is 9.12. The Balaban J connectivity index is 3.33. The van der Waals surface area contributed by atoms with Crippen LogP contribution in [0, 0.1) is 0 Å². The third kappa shape index (κ3) is 2.43. The largest absolute Gasteiger partial charge is 0.0840 e. The molecule has 2 heteroatoms. The maximum Gasteiger partial charge on any atom is 0.0460 e. The van der Waals surface area contributed by atoms with E-state index < -0.39 is 0 Å². The Bertz CT molecular complexity index is 312. The van der Waals surface area contributed by atoms with Gasteiger partial charge in [0.05, 0.1) is 0 Å². The zero-order valence-corrected chi connectivity index (χ0v) is 10.6. The minimum atomic E-state index is 0.000435. The van der Waals surface area contributed by atoms with Crippen molar-refractivity contribution in [1.82, 2.24) is 0 Å². The van der Waals surface area contributed by atoms with Crippen LogP contribution >= 0.6 is 23.2 Å². The molecule has 0 amide bonds. The van der Waals surface area contributed by atoms with Crippen LogP contribution in [0.2, 0.25) is 10.0 Å². The highest BCUT2D eigenvalue weighted by atomic mass is 35.5. The molecule has 0 spiro atoms. The van der Waals surface area contributed by atoms with Gasteiger partial charge < -0.3 is 0 Å². The second kappa shape index (κ2) is 4.12. The molecule has 0 atom stereocenters. The van der Waals surface area contributed by atoms with E-state index in [9.17, 15) is 0 Å². The maximum absolute atomic E-state index is 6.21. The van der Waals surface area contributed by atoms with Crippen LogP contribution in [-0.2, 0) is 11.8 Å². The molecule has 0 saturated carbocycles. The molecule has 0 fully saturated rings. The summed E-state index contributed by atoms with van der Waals surface area (Å²) in [5.41, 5.74) is 2.23. The molecular formula is C12H16Cl2. The lowest BCUT2D eigenvalue weighted by molar-refractivity contribution is 0.590. The van der Waals surface area contributed by atoms with Crippen molar-refractivity contribution in [3.63, 3.8) is 0 Å². The van der Waals surface area contributed by atoms with Crippen LogP contribution in [0.4, 0.5) is 0 Å². The highest BCUT2D eigenvalue weighted by Crippen LogP contribution is 2.36. The highest BCUT2D eigenvalue weighted by Gasteiger charge is 2.21. The summed E-state index contributed by atoms with van der Waals surface area (Å²) < 4.78 is 0. The standard InChI is InChI=1S/C12H16Cl2/c1-5-8-6-9(13)11(10(14)7-8)12(2,3)4/h6-7H,5H2,1-4H3. The molecule has 0 N–H and O–H groups in total. The van der Waals surface area contributed by atoms with Crippen LogP contribution in [0.15, 0.2) is 12.1 Å². The SMILES string of the molecule is CCc1cc(Cl)c(C(C)(C)C)c(Cl)c1. The summed E-state index contributed by atoms with van der Waals surface area (Å²) >= 11 is 12.4. The number of aryl methyl sites for hydroxylation is 1. The van der Waals surface area contributed by atoms with Crippen LogP contribution in [0.5, 0.6) is 0 Å². The van der Waals surface area contributed by atoms with Crippen molar-refractivity contribution >= 4 is 23.2 Å². The normalized spacial score (nSPS) is 11.9. The van der Waals surface area contributed by atoms with Crippen LogP contribution in [0.1, 0.15) is 38.8 Å². The molecule has 14 heavy (non-hydrogen) atoms. The Morgan fingerprint density at radius 1 is 1.07 bits per heavy atom.